The van der Waals surface area contributed by atoms with Crippen molar-refractivity contribution in [1.29, 1.82) is 0 Å². The van der Waals surface area contributed by atoms with Crippen LogP contribution in [0.5, 0.6) is 0 Å². The molecule has 0 radical (unpaired) electrons. The summed E-state index contributed by atoms with van der Waals surface area (Å²) in [7, 11) is -3.30. The molecular weight excluding hydrogens is 368 g/mol. The van der Waals surface area contributed by atoms with E-state index in [-0.39, 0.29) is 30.9 Å². The second-order valence-corrected chi connectivity index (χ2v) is 9.33. The Morgan fingerprint density at radius 2 is 2.11 bits per heavy atom. The molecule has 9 heteroatoms. The van der Waals surface area contributed by atoms with Gasteiger partial charge in [-0.25, -0.2) is 13.1 Å². The van der Waals surface area contributed by atoms with Crippen LogP contribution in [0, 0.1) is 5.92 Å². The van der Waals surface area contributed by atoms with Crippen LogP contribution in [0.3, 0.4) is 0 Å². The second kappa shape index (κ2) is 6.57. The van der Waals surface area contributed by atoms with Gasteiger partial charge in [-0.05, 0) is 31.9 Å². The quantitative estimate of drug-likeness (QED) is 0.611. The van der Waals surface area contributed by atoms with Crippen molar-refractivity contribution in [3.05, 3.63) is 29.8 Å². The Bertz CT molecular complexity index is 887. The topological polar surface area (TPSA) is 108 Å². The smallest absolute Gasteiger partial charge is 0.250 e. The van der Waals surface area contributed by atoms with Gasteiger partial charge < -0.3 is 10.6 Å². The third-order valence-electron chi connectivity index (χ3n) is 5.88. The second-order valence-electron chi connectivity index (χ2n) is 7.50. The molecule has 2 amide bonds. The number of carbonyl (C=O) groups excluding carboxylic acids is 2. The van der Waals surface area contributed by atoms with Gasteiger partial charge in [0.25, 0.3) is 0 Å². The van der Waals surface area contributed by atoms with E-state index < -0.39 is 21.5 Å². The molecule has 0 unspecified atom stereocenters. The van der Waals surface area contributed by atoms with Gasteiger partial charge in [0.05, 0.1) is 12.2 Å². The molecule has 4 rings (SSSR count). The van der Waals surface area contributed by atoms with Gasteiger partial charge in [-0.3, -0.25) is 14.5 Å². The summed E-state index contributed by atoms with van der Waals surface area (Å²) >= 11 is 0. The van der Waals surface area contributed by atoms with Gasteiger partial charge in [0.2, 0.25) is 21.8 Å². The van der Waals surface area contributed by atoms with Gasteiger partial charge in [0.15, 0.2) is 0 Å². The number of para-hydroxylation sites is 1. The molecule has 146 valence electrons. The van der Waals surface area contributed by atoms with Gasteiger partial charge in [0.1, 0.15) is 5.54 Å². The standard InChI is InChI=1S/C18H24N4O4S/c1-27(25,26)20-9-8-19-16(23)14-11-12-5-4-10-22(12)18(14)13-6-2-3-7-15(13)21-17(18)24/h2-3,6-7,12,14,20H,4-5,8-11H2,1H3,(H,19,23)(H,21,24)/t12-,14-,18+/m1/s1. The zero-order valence-electron chi connectivity index (χ0n) is 15.2. The highest BCUT2D eigenvalue weighted by molar-refractivity contribution is 7.88. The summed E-state index contributed by atoms with van der Waals surface area (Å²) in [5.74, 6) is -0.834. The summed E-state index contributed by atoms with van der Waals surface area (Å²) < 4.78 is 24.7. The fourth-order valence-corrected chi connectivity index (χ4v) is 5.40. The van der Waals surface area contributed by atoms with E-state index in [4.69, 9.17) is 0 Å². The van der Waals surface area contributed by atoms with E-state index >= 15 is 0 Å². The summed E-state index contributed by atoms with van der Waals surface area (Å²) in [4.78, 5) is 28.4. The summed E-state index contributed by atoms with van der Waals surface area (Å²) in [6, 6.07) is 7.79. The van der Waals surface area contributed by atoms with E-state index in [1.807, 2.05) is 24.3 Å². The van der Waals surface area contributed by atoms with E-state index in [0.29, 0.717) is 6.42 Å². The predicted molar refractivity (Wildman–Crippen MR) is 100 cm³/mol. The van der Waals surface area contributed by atoms with Crippen molar-refractivity contribution >= 4 is 27.5 Å². The lowest BCUT2D eigenvalue weighted by molar-refractivity contribution is -0.137. The van der Waals surface area contributed by atoms with Gasteiger partial charge in [-0.2, -0.15) is 0 Å². The summed E-state index contributed by atoms with van der Waals surface area (Å²) in [5.41, 5.74) is 0.673. The maximum Gasteiger partial charge on any atom is 0.250 e. The lowest BCUT2D eigenvalue weighted by Crippen LogP contribution is -2.54. The molecule has 3 aliphatic rings. The normalized spacial score (nSPS) is 29.6. The fraction of sp³-hybridized carbons (Fsp3) is 0.556. The van der Waals surface area contributed by atoms with Crippen LogP contribution in [0.1, 0.15) is 24.8 Å². The Morgan fingerprint density at radius 1 is 1.33 bits per heavy atom. The first-order valence-corrected chi connectivity index (χ1v) is 11.1. The Morgan fingerprint density at radius 3 is 2.89 bits per heavy atom. The minimum Gasteiger partial charge on any atom is -0.354 e. The number of anilines is 1. The number of sulfonamides is 1. The van der Waals surface area contributed by atoms with Gasteiger partial charge in [-0.15, -0.1) is 0 Å². The van der Waals surface area contributed by atoms with E-state index in [1.165, 1.54) is 0 Å². The van der Waals surface area contributed by atoms with E-state index in [0.717, 1.165) is 36.9 Å². The molecule has 3 N–H and O–H groups in total. The van der Waals surface area contributed by atoms with Crippen LogP contribution < -0.4 is 15.4 Å². The zero-order valence-corrected chi connectivity index (χ0v) is 16.0. The van der Waals surface area contributed by atoms with Crippen molar-refractivity contribution in [3.8, 4) is 0 Å². The van der Waals surface area contributed by atoms with Crippen molar-refractivity contribution < 1.29 is 18.0 Å². The van der Waals surface area contributed by atoms with Crippen LogP contribution in [0.2, 0.25) is 0 Å². The van der Waals surface area contributed by atoms with Gasteiger partial charge in [-0.1, -0.05) is 18.2 Å². The first-order chi connectivity index (χ1) is 12.8. The van der Waals surface area contributed by atoms with Crippen LogP contribution in [0.15, 0.2) is 24.3 Å². The van der Waals surface area contributed by atoms with Crippen LogP contribution in [-0.4, -0.2) is 57.1 Å². The summed E-state index contributed by atoms with van der Waals surface area (Å²) in [5, 5.41) is 5.78. The van der Waals surface area contributed by atoms with Crippen LogP contribution in [0.25, 0.3) is 0 Å². The first kappa shape index (κ1) is 18.4. The van der Waals surface area contributed by atoms with E-state index in [1.54, 1.807) is 0 Å². The number of rotatable bonds is 5. The van der Waals surface area contributed by atoms with E-state index in [9.17, 15) is 18.0 Å². The molecule has 0 bridgehead atoms. The van der Waals surface area contributed by atoms with E-state index in [2.05, 4.69) is 20.3 Å². The third-order valence-corrected chi connectivity index (χ3v) is 6.61. The van der Waals surface area contributed by atoms with Crippen molar-refractivity contribution in [3.63, 3.8) is 0 Å². The molecule has 1 spiro atoms. The molecule has 0 saturated carbocycles. The van der Waals surface area contributed by atoms with Crippen molar-refractivity contribution in [2.75, 3.05) is 31.2 Å². The maximum atomic E-state index is 13.1. The number of benzene rings is 1. The number of carbonyl (C=O) groups is 2. The molecule has 0 aliphatic carbocycles. The van der Waals surface area contributed by atoms with Crippen molar-refractivity contribution in [2.45, 2.75) is 30.8 Å². The Labute approximate surface area is 158 Å². The average molecular weight is 392 g/mol. The molecule has 0 aromatic heterocycles. The van der Waals surface area contributed by atoms with Crippen LogP contribution in [0.4, 0.5) is 5.69 Å². The maximum absolute atomic E-state index is 13.1. The number of amides is 2. The predicted octanol–water partition coefficient (Wildman–Crippen LogP) is -0.0163. The fourth-order valence-electron chi connectivity index (χ4n) is 4.93. The highest BCUT2D eigenvalue weighted by atomic mass is 32.2. The number of hydrogen-bond donors (Lipinski definition) is 3. The lowest BCUT2D eigenvalue weighted by atomic mass is 9.78. The van der Waals surface area contributed by atoms with Crippen LogP contribution >= 0.6 is 0 Å². The summed E-state index contributed by atoms with van der Waals surface area (Å²) in [6.45, 7) is 1.11. The molecular formula is C18H24N4O4S. The highest BCUT2D eigenvalue weighted by Crippen LogP contribution is 2.55. The molecule has 3 aliphatic heterocycles. The lowest BCUT2D eigenvalue weighted by Gasteiger charge is -2.36. The highest BCUT2D eigenvalue weighted by Gasteiger charge is 2.65. The Hall–Kier alpha value is -1.97. The molecule has 1 aromatic rings. The Kier molecular flexibility index (Phi) is 4.48. The molecule has 2 fully saturated rings. The number of nitrogens with zero attached hydrogens (tertiary/aromatic N) is 1. The van der Waals surface area contributed by atoms with Gasteiger partial charge in [0, 0.05) is 30.4 Å². The molecule has 8 nitrogen and oxygen atoms in total. The molecule has 2 saturated heterocycles. The van der Waals surface area contributed by atoms with Crippen molar-refractivity contribution in [1.82, 2.24) is 14.9 Å². The first-order valence-electron chi connectivity index (χ1n) is 9.24. The molecule has 3 heterocycles. The number of nitrogens with one attached hydrogen (secondary N) is 3. The SMILES string of the molecule is CS(=O)(=O)NCCNC(=O)[C@H]1C[C@H]2CCCN2[C@]12C(=O)Nc1ccccc12. The summed E-state index contributed by atoms with van der Waals surface area (Å²) in [6.07, 6.45) is 3.72. The third kappa shape index (κ3) is 2.94. The van der Waals surface area contributed by atoms with Crippen LogP contribution in [-0.2, 0) is 25.2 Å². The van der Waals surface area contributed by atoms with Gasteiger partial charge >= 0.3 is 0 Å². The number of hydrogen-bond acceptors (Lipinski definition) is 5. The largest absolute Gasteiger partial charge is 0.354 e. The molecule has 3 atom stereocenters. The minimum absolute atomic E-state index is 0.125. The molecule has 27 heavy (non-hydrogen) atoms. The average Bonchev–Trinajstić information content (AvgIpc) is 3.25. The monoisotopic (exact) mass is 392 g/mol. The van der Waals surface area contributed by atoms with Crippen molar-refractivity contribution in [2.24, 2.45) is 5.92 Å². The minimum atomic E-state index is -3.30. The molecule has 1 aromatic carbocycles. The number of fused-ring (bicyclic) bond motifs is 4. The Balaban J connectivity index is 1.61. The zero-order chi connectivity index (χ0) is 19.2.